The lowest BCUT2D eigenvalue weighted by Gasteiger charge is -2.11. The molecule has 21 heavy (non-hydrogen) atoms. The highest BCUT2D eigenvalue weighted by atomic mass is 35.5. The topological polar surface area (TPSA) is 71.1 Å². The highest BCUT2D eigenvalue weighted by molar-refractivity contribution is 7.93. The van der Waals surface area contributed by atoms with E-state index in [9.17, 15) is 8.42 Å². The molecule has 2 heterocycles. The Kier molecular flexibility index (Phi) is 5.21. The molecule has 0 saturated carbocycles. The smallest absolute Gasteiger partial charge is 0.264 e. The normalized spacial score (nSPS) is 11.8. The Bertz CT molecular complexity index is 714. The predicted molar refractivity (Wildman–Crippen MR) is 86.4 cm³/mol. The van der Waals surface area contributed by atoms with E-state index >= 15 is 0 Å². The molecule has 0 saturated heterocycles. The summed E-state index contributed by atoms with van der Waals surface area (Å²) >= 11 is 7.33. The number of sulfonamides is 1. The first-order valence-electron chi connectivity index (χ1n) is 6.33. The van der Waals surface area contributed by atoms with Crippen LogP contribution in [0.4, 0.5) is 5.82 Å². The molecule has 8 heteroatoms. The van der Waals surface area contributed by atoms with Gasteiger partial charge in [0.05, 0.1) is 5.02 Å². The number of thiophene rings is 1. The summed E-state index contributed by atoms with van der Waals surface area (Å²) < 4.78 is 27.3. The molecule has 0 aromatic carbocycles. The van der Waals surface area contributed by atoms with Gasteiger partial charge in [0, 0.05) is 23.7 Å². The van der Waals surface area contributed by atoms with Crippen molar-refractivity contribution in [3.05, 3.63) is 39.7 Å². The van der Waals surface area contributed by atoms with Gasteiger partial charge in [-0.15, -0.1) is 11.3 Å². The summed E-state index contributed by atoms with van der Waals surface area (Å²) in [6, 6.07) is 5.09. The average molecular weight is 346 g/mol. The van der Waals surface area contributed by atoms with Crippen LogP contribution in [-0.4, -0.2) is 19.4 Å². The zero-order valence-electron chi connectivity index (χ0n) is 11.6. The maximum Gasteiger partial charge on any atom is 0.264 e. The fraction of sp³-hybridized carbons (Fsp3) is 0.308. The first-order chi connectivity index (χ1) is 9.90. The van der Waals surface area contributed by atoms with Gasteiger partial charge in [-0.1, -0.05) is 25.4 Å². The molecule has 0 bridgehead atoms. The standard InChI is InChI=1S/C13H16ClN3O2S2/c1-9(2)16-8-11-12(5-7-20-11)21(18,19)17-13-10(14)4-3-6-15-13/h3-7,9,16H,8H2,1-2H3,(H,15,17). The van der Waals surface area contributed by atoms with Crippen LogP contribution in [0.15, 0.2) is 34.7 Å². The third-order valence-electron chi connectivity index (χ3n) is 2.65. The molecule has 5 nitrogen and oxygen atoms in total. The van der Waals surface area contributed by atoms with Crippen LogP contribution in [0.5, 0.6) is 0 Å². The number of aromatic nitrogens is 1. The van der Waals surface area contributed by atoms with Crippen molar-refractivity contribution in [2.75, 3.05) is 4.72 Å². The molecule has 0 aliphatic rings. The van der Waals surface area contributed by atoms with Gasteiger partial charge in [0.1, 0.15) is 4.90 Å². The number of pyridine rings is 1. The summed E-state index contributed by atoms with van der Waals surface area (Å²) in [5.41, 5.74) is 0. The summed E-state index contributed by atoms with van der Waals surface area (Å²) in [4.78, 5) is 4.95. The third kappa shape index (κ3) is 4.16. The van der Waals surface area contributed by atoms with Crippen LogP contribution in [0, 0.1) is 0 Å². The van der Waals surface area contributed by atoms with Gasteiger partial charge in [-0.3, -0.25) is 4.72 Å². The summed E-state index contributed by atoms with van der Waals surface area (Å²) in [5, 5.41) is 5.23. The predicted octanol–water partition coefficient (Wildman–Crippen LogP) is 3.10. The van der Waals surface area contributed by atoms with E-state index in [2.05, 4.69) is 15.0 Å². The number of nitrogens with one attached hydrogen (secondary N) is 2. The van der Waals surface area contributed by atoms with Crippen molar-refractivity contribution in [1.29, 1.82) is 0 Å². The minimum Gasteiger partial charge on any atom is -0.310 e. The quantitative estimate of drug-likeness (QED) is 0.844. The summed E-state index contributed by atoms with van der Waals surface area (Å²) in [5.74, 6) is 0.133. The molecule has 2 aromatic heterocycles. The van der Waals surface area contributed by atoms with Gasteiger partial charge in [0.25, 0.3) is 10.0 Å². The van der Waals surface area contributed by atoms with Gasteiger partial charge >= 0.3 is 0 Å². The first-order valence-corrected chi connectivity index (χ1v) is 9.07. The second-order valence-corrected chi connectivity index (χ2v) is 7.74. The largest absolute Gasteiger partial charge is 0.310 e. The number of halogens is 1. The fourth-order valence-corrected chi connectivity index (χ4v) is 4.29. The highest BCUT2D eigenvalue weighted by Gasteiger charge is 2.21. The molecular weight excluding hydrogens is 330 g/mol. The Labute approximate surface area is 133 Å². The minimum absolute atomic E-state index is 0.133. The van der Waals surface area contributed by atoms with Gasteiger partial charge in [0.2, 0.25) is 0 Å². The Balaban J connectivity index is 2.24. The number of nitrogens with zero attached hydrogens (tertiary/aromatic N) is 1. The molecule has 2 aromatic rings. The van der Waals surface area contributed by atoms with E-state index < -0.39 is 10.0 Å². The van der Waals surface area contributed by atoms with Crippen LogP contribution >= 0.6 is 22.9 Å². The van der Waals surface area contributed by atoms with Crippen LogP contribution in [0.3, 0.4) is 0 Å². The van der Waals surface area contributed by atoms with E-state index in [1.165, 1.54) is 17.5 Å². The van der Waals surface area contributed by atoms with E-state index in [4.69, 9.17) is 11.6 Å². The monoisotopic (exact) mass is 345 g/mol. The molecule has 114 valence electrons. The van der Waals surface area contributed by atoms with E-state index in [1.807, 2.05) is 13.8 Å². The molecule has 0 fully saturated rings. The SMILES string of the molecule is CC(C)NCc1sccc1S(=O)(=O)Nc1ncccc1Cl. The van der Waals surface area contributed by atoms with Crippen LogP contribution in [-0.2, 0) is 16.6 Å². The Morgan fingerprint density at radius 1 is 1.38 bits per heavy atom. The average Bonchev–Trinajstić information content (AvgIpc) is 2.88. The zero-order valence-corrected chi connectivity index (χ0v) is 14.0. The Morgan fingerprint density at radius 2 is 2.14 bits per heavy atom. The maximum absolute atomic E-state index is 12.4. The Hall–Kier alpha value is -1.15. The lowest BCUT2D eigenvalue weighted by Crippen LogP contribution is -2.23. The second kappa shape index (κ2) is 6.74. The van der Waals surface area contributed by atoms with Crippen molar-refractivity contribution >= 4 is 38.8 Å². The number of hydrogen-bond donors (Lipinski definition) is 2. The number of anilines is 1. The van der Waals surface area contributed by atoms with E-state index in [0.717, 1.165) is 4.88 Å². The maximum atomic E-state index is 12.4. The van der Waals surface area contributed by atoms with Crippen LogP contribution in [0.25, 0.3) is 0 Å². The molecule has 0 amide bonds. The molecule has 0 radical (unpaired) electrons. The van der Waals surface area contributed by atoms with E-state index in [1.54, 1.807) is 23.6 Å². The van der Waals surface area contributed by atoms with Crippen LogP contribution in [0.1, 0.15) is 18.7 Å². The highest BCUT2D eigenvalue weighted by Crippen LogP contribution is 2.26. The summed E-state index contributed by atoms with van der Waals surface area (Å²) in [7, 11) is -3.70. The molecule has 0 unspecified atom stereocenters. The molecular formula is C13H16ClN3O2S2. The van der Waals surface area contributed by atoms with E-state index in [-0.39, 0.29) is 21.8 Å². The van der Waals surface area contributed by atoms with Crippen LogP contribution < -0.4 is 10.0 Å². The molecule has 2 N–H and O–H groups in total. The van der Waals surface area contributed by atoms with Crippen molar-refractivity contribution < 1.29 is 8.42 Å². The van der Waals surface area contributed by atoms with Gasteiger partial charge in [-0.05, 0) is 23.6 Å². The van der Waals surface area contributed by atoms with Crippen molar-refractivity contribution in [3.63, 3.8) is 0 Å². The third-order valence-corrected chi connectivity index (χ3v) is 5.43. The lowest BCUT2D eigenvalue weighted by molar-refractivity contribution is 0.581. The molecule has 0 spiro atoms. The van der Waals surface area contributed by atoms with Crippen molar-refractivity contribution in [3.8, 4) is 0 Å². The molecule has 0 aliphatic heterocycles. The second-order valence-electron chi connectivity index (χ2n) is 4.68. The molecule has 0 aliphatic carbocycles. The number of rotatable bonds is 6. The van der Waals surface area contributed by atoms with E-state index in [0.29, 0.717) is 6.54 Å². The van der Waals surface area contributed by atoms with Crippen molar-refractivity contribution in [1.82, 2.24) is 10.3 Å². The van der Waals surface area contributed by atoms with Gasteiger partial charge in [-0.25, -0.2) is 13.4 Å². The van der Waals surface area contributed by atoms with Gasteiger partial charge in [-0.2, -0.15) is 0 Å². The van der Waals surface area contributed by atoms with Gasteiger partial charge in [0.15, 0.2) is 5.82 Å². The fourth-order valence-electron chi connectivity index (χ4n) is 1.64. The van der Waals surface area contributed by atoms with Crippen molar-refractivity contribution in [2.45, 2.75) is 31.3 Å². The zero-order chi connectivity index (χ0) is 15.5. The molecule has 2 rings (SSSR count). The van der Waals surface area contributed by atoms with Crippen LogP contribution in [0.2, 0.25) is 5.02 Å². The number of hydrogen-bond acceptors (Lipinski definition) is 5. The first kappa shape index (κ1) is 16.2. The summed E-state index contributed by atoms with van der Waals surface area (Å²) in [6.07, 6.45) is 1.48. The minimum atomic E-state index is -3.70. The van der Waals surface area contributed by atoms with Gasteiger partial charge < -0.3 is 5.32 Å². The lowest BCUT2D eigenvalue weighted by atomic mass is 10.4. The Morgan fingerprint density at radius 3 is 2.81 bits per heavy atom. The summed E-state index contributed by atoms with van der Waals surface area (Å²) in [6.45, 7) is 4.52. The van der Waals surface area contributed by atoms with Crippen molar-refractivity contribution in [2.24, 2.45) is 0 Å². The molecule has 0 atom stereocenters.